The number of carbonyl (C=O) groups is 3. The maximum absolute atomic E-state index is 12.5. The predicted octanol–water partition coefficient (Wildman–Crippen LogP) is 4.21. The lowest BCUT2D eigenvalue weighted by Gasteiger charge is -2.18. The number of nitrogens with one attached hydrogen (secondary N) is 2. The maximum atomic E-state index is 12.5. The number of thiazole rings is 1. The van der Waals surface area contributed by atoms with Gasteiger partial charge in [-0.25, -0.2) is 14.6 Å². The van der Waals surface area contributed by atoms with Crippen LogP contribution in [-0.4, -0.2) is 47.3 Å². The highest BCUT2D eigenvalue weighted by atomic mass is 32.1. The normalized spacial score (nSPS) is 12.9. The lowest BCUT2D eigenvalue weighted by molar-refractivity contribution is -0.121. The standard InChI is InChI=1S/C26H27N3O5S/c1-2-16(13-23(30)27-12-11-24-29-22(15-35-24)25(31)32)28-26(33)34-14-21-19-9-5-3-7-17(19)18-8-4-6-10-20(18)21/h3-10,15-16,21H,2,11-14H2,1H3,(H,27,30)(H,28,33)(H,31,32). The molecule has 0 fully saturated rings. The number of alkyl carbamates (subject to hydrolysis) is 1. The summed E-state index contributed by atoms with van der Waals surface area (Å²) in [6, 6.07) is 15.9. The van der Waals surface area contributed by atoms with E-state index in [2.05, 4.69) is 39.9 Å². The topological polar surface area (TPSA) is 118 Å². The number of aromatic nitrogens is 1. The lowest BCUT2D eigenvalue weighted by atomic mass is 9.98. The number of carboxylic acid groups (broad SMARTS) is 1. The Balaban J connectivity index is 1.24. The summed E-state index contributed by atoms with van der Waals surface area (Å²) in [6.07, 6.45) is 0.598. The predicted molar refractivity (Wildman–Crippen MR) is 133 cm³/mol. The van der Waals surface area contributed by atoms with E-state index in [1.807, 2.05) is 31.2 Å². The molecule has 1 heterocycles. The van der Waals surface area contributed by atoms with Gasteiger partial charge in [0, 0.05) is 36.7 Å². The number of rotatable bonds is 10. The highest BCUT2D eigenvalue weighted by Crippen LogP contribution is 2.44. The number of ether oxygens (including phenoxy) is 1. The van der Waals surface area contributed by atoms with Gasteiger partial charge in [0.2, 0.25) is 5.91 Å². The van der Waals surface area contributed by atoms with Gasteiger partial charge in [0.1, 0.15) is 6.61 Å². The van der Waals surface area contributed by atoms with Gasteiger partial charge in [-0.15, -0.1) is 11.3 Å². The largest absolute Gasteiger partial charge is 0.476 e. The minimum atomic E-state index is -1.07. The van der Waals surface area contributed by atoms with Gasteiger partial charge in [-0.2, -0.15) is 0 Å². The molecule has 0 saturated heterocycles. The summed E-state index contributed by atoms with van der Waals surface area (Å²) in [5.41, 5.74) is 4.62. The lowest BCUT2D eigenvalue weighted by Crippen LogP contribution is -2.39. The molecular weight excluding hydrogens is 466 g/mol. The molecule has 1 unspecified atom stereocenters. The molecule has 0 aliphatic heterocycles. The van der Waals surface area contributed by atoms with Gasteiger partial charge >= 0.3 is 12.1 Å². The molecule has 1 aromatic heterocycles. The van der Waals surface area contributed by atoms with Crippen molar-refractivity contribution < 1.29 is 24.2 Å². The third-order valence-electron chi connectivity index (χ3n) is 6.02. The molecule has 2 aromatic carbocycles. The van der Waals surface area contributed by atoms with E-state index in [1.54, 1.807) is 0 Å². The fourth-order valence-electron chi connectivity index (χ4n) is 4.23. The first-order valence-electron chi connectivity index (χ1n) is 11.5. The van der Waals surface area contributed by atoms with Crippen LogP contribution in [-0.2, 0) is 16.0 Å². The summed E-state index contributed by atoms with van der Waals surface area (Å²) >= 11 is 1.25. The number of aromatic carboxylic acids is 1. The number of hydrogen-bond donors (Lipinski definition) is 3. The first-order chi connectivity index (χ1) is 17.0. The van der Waals surface area contributed by atoms with Gasteiger partial charge in [-0.1, -0.05) is 55.5 Å². The van der Waals surface area contributed by atoms with Crippen LogP contribution in [0.25, 0.3) is 11.1 Å². The zero-order valence-electron chi connectivity index (χ0n) is 19.3. The molecule has 35 heavy (non-hydrogen) atoms. The molecule has 0 spiro atoms. The van der Waals surface area contributed by atoms with E-state index < -0.39 is 12.1 Å². The quantitative estimate of drug-likeness (QED) is 0.390. The van der Waals surface area contributed by atoms with Gasteiger partial charge in [-0.3, -0.25) is 4.79 Å². The van der Waals surface area contributed by atoms with Crippen LogP contribution in [0.1, 0.15) is 52.3 Å². The van der Waals surface area contributed by atoms with Crippen molar-refractivity contribution in [2.45, 2.75) is 38.1 Å². The Kier molecular flexibility index (Phi) is 7.77. The van der Waals surface area contributed by atoms with Gasteiger partial charge in [0.05, 0.1) is 5.01 Å². The number of benzene rings is 2. The minimum Gasteiger partial charge on any atom is -0.476 e. The van der Waals surface area contributed by atoms with Crippen molar-refractivity contribution in [3.8, 4) is 11.1 Å². The summed E-state index contributed by atoms with van der Waals surface area (Å²) in [4.78, 5) is 39.7. The average molecular weight is 494 g/mol. The summed E-state index contributed by atoms with van der Waals surface area (Å²) in [7, 11) is 0. The Hall–Kier alpha value is -3.72. The third-order valence-corrected chi connectivity index (χ3v) is 6.93. The van der Waals surface area contributed by atoms with Gasteiger partial charge < -0.3 is 20.5 Å². The van der Waals surface area contributed by atoms with E-state index in [4.69, 9.17) is 9.84 Å². The Bertz CT molecular complexity index is 1180. The van der Waals surface area contributed by atoms with Gasteiger partial charge in [-0.05, 0) is 28.7 Å². The Morgan fingerprint density at radius 3 is 2.34 bits per heavy atom. The van der Waals surface area contributed by atoms with Crippen molar-refractivity contribution in [1.82, 2.24) is 15.6 Å². The molecule has 2 amide bonds. The fraction of sp³-hybridized carbons (Fsp3) is 0.308. The summed E-state index contributed by atoms with van der Waals surface area (Å²) in [6.45, 7) is 2.45. The van der Waals surface area contributed by atoms with Crippen molar-refractivity contribution in [3.63, 3.8) is 0 Å². The van der Waals surface area contributed by atoms with Gasteiger partial charge in [0.15, 0.2) is 5.69 Å². The van der Waals surface area contributed by atoms with E-state index in [9.17, 15) is 14.4 Å². The second-order valence-corrected chi connectivity index (χ2v) is 9.25. The average Bonchev–Trinajstić information content (AvgIpc) is 3.45. The SMILES string of the molecule is CCC(CC(=O)NCCc1nc(C(=O)O)cs1)NC(=O)OCC1c2ccccc2-c2ccccc21. The molecule has 0 saturated carbocycles. The van der Waals surface area contributed by atoms with Crippen molar-refractivity contribution in [3.05, 3.63) is 75.7 Å². The minimum absolute atomic E-state index is 0.00895. The number of hydrogen-bond acceptors (Lipinski definition) is 6. The highest BCUT2D eigenvalue weighted by Gasteiger charge is 2.29. The zero-order chi connectivity index (χ0) is 24.8. The van der Waals surface area contributed by atoms with Crippen LogP contribution < -0.4 is 10.6 Å². The highest BCUT2D eigenvalue weighted by molar-refractivity contribution is 7.09. The molecule has 182 valence electrons. The first kappa shape index (κ1) is 24.4. The molecule has 0 bridgehead atoms. The van der Waals surface area contributed by atoms with Crippen LogP contribution in [0, 0.1) is 0 Å². The van der Waals surface area contributed by atoms with Crippen LogP contribution in [0.5, 0.6) is 0 Å². The number of carboxylic acids is 1. The smallest absolute Gasteiger partial charge is 0.407 e. The fourth-order valence-corrected chi connectivity index (χ4v) is 5.01. The monoisotopic (exact) mass is 493 g/mol. The van der Waals surface area contributed by atoms with Gasteiger partial charge in [0.25, 0.3) is 0 Å². The van der Waals surface area contributed by atoms with E-state index in [1.165, 1.54) is 16.7 Å². The van der Waals surface area contributed by atoms with Crippen LogP contribution in [0.3, 0.4) is 0 Å². The third kappa shape index (κ3) is 5.86. The molecule has 9 heteroatoms. The summed E-state index contributed by atoms with van der Waals surface area (Å²) in [5, 5.41) is 16.6. The second kappa shape index (κ2) is 11.1. The van der Waals surface area contributed by atoms with Crippen molar-refractivity contribution in [2.75, 3.05) is 13.2 Å². The molecule has 3 N–H and O–H groups in total. The van der Waals surface area contributed by atoms with E-state index in [0.29, 0.717) is 24.4 Å². The van der Waals surface area contributed by atoms with Crippen LogP contribution in [0.2, 0.25) is 0 Å². The number of carbonyl (C=O) groups excluding carboxylic acids is 2. The Labute approximate surface area is 207 Å². The number of amides is 2. The summed E-state index contributed by atoms with van der Waals surface area (Å²) in [5.74, 6) is -1.29. The zero-order valence-corrected chi connectivity index (χ0v) is 20.1. The Morgan fingerprint density at radius 2 is 1.74 bits per heavy atom. The number of fused-ring (bicyclic) bond motifs is 3. The van der Waals surface area contributed by atoms with Crippen molar-refractivity contribution >= 4 is 29.3 Å². The molecule has 1 aliphatic carbocycles. The van der Waals surface area contributed by atoms with Crippen molar-refractivity contribution in [1.29, 1.82) is 0 Å². The van der Waals surface area contributed by atoms with E-state index >= 15 is 0 Å². The molecule has 8 nitrogen and oxygen atoms in total. The molecule has 3 aromatic rings. The second-order valence-electron chi connectivity index (χ2n) is 8.31. The van der Waals surface area contributed by atoms with Crippen LogP contribution >= 0.6 is 11.3 Å². The maximum Gasteiger partial charge on any atom is 0.407 e. The Morgan fingerprint density at radius 1 is 1.09 bits per heavy atom. The molecule has 1 atom stereocenters. The van der Waals surface area contributed by atoms with E-state index in [-0.39, 0.29) is 36.6 Å². The summed E-state index contributed by atoms with van der Waals surface area (Å²) < 4.78 is 5.58. The van der Waals surface area contributed by atoms with Crippen LogP contribution in [0.15, 0.2) is 53.9 Å². The first-order valence-corrected chi connectivity index (χ1v) is 12.4. The van der Waals surface area contributed by atoms with Crippen LogP contribution in [0.4, 0.5) is 4.79 Å². The van der Waals surface area contributed by atoms with E-state index in [0.717, 1.165) is 22.3 Å². The molecule has 0 radical (unpaired) electrons. The molecule has 4 rings (SSSR count). The number of nitrogens with zero attached hydrogens (tertiary/aromatic N) is 1. The van der Waals surface area contributed by atoms with Crippen molar-refractivity contribution in [2.24, 2.45) is 0 Å². The molecule has 1 aliphatic rings. The molecular formula is C26H27N3O5S.